The highest BCUT2D eigenvalue weighted by molar-refractivity contribution is 6.29. The summed E-state index contributed by atoms with van der Waals surface area (Å²) in [5, 5.41) is 3.27. The van der Waals surface area contributed by atoms with Crippen molar-refractivity contribution in [3.63, 3.8) is 0 Å². The molecule has 0 bridgehead atoms. The minimum Gasteiger partial charge on any atom is -0.349 e. The van der Waals surface area contributed by atoms with Crippen LogP contribution < -0.4 is 16.6 Å². The van der Waals surface area contributed by atoms with Gasteiger partial charge in [0.2, 0.25) is 0 Å². The van der Waals surface area contributed by atoms with Crippen LogP contribution >= 0.6 is 11.6 Å². The summed E-state index contributed by atoms with van der Waals surface area (Å²) in [6.45, 7) is 2.16. The van der Waals surface area contributed by atoms with Crippen LogP contribution in [0.2, 0.25) is 5.15 Å². The zero-order valence-electron chi connectivity index (χ0n) is 10.2. The maximum atomic E-state index is 12.1. The summed E-state index contributed by atoms with van der Waals surface area (Å²) < 4.78 is 0. The Balaban J connectivity index is 2.10. The molecule has 6 heteroatoms. The molecule has 1 aromatic heterocycles. The Morgan fingerprint density at radius 1 is 1.50 bits per heavy atom. The van der Waals surface area contributed by atoms with E-state index in [1.54, 1.807) is 6.07 Å². The zero-order chi connectivity index (χ0) is 13.1. The lowest BCUT2D eigenvalue weighted by Crippen LogP contribution is -2.36. The lowest BCUT2D eigenvalue weighted by molar-refractivity contribution is 0.0929. The number of hydrazine groups is 1. The van der Waals surface area contributed by atoms with E-state index in [-0.39, 0.29) is 17.1 Å². The minimum absolute atomic E-state index is 0.130. The first-order valence-electron chi connectivity index (χ1n) is 6.05. The van der Waals surface area contributed by atoms with Crippen molar-refractivity contribution in [3.8, 4) is 0 Å². The third kappa shape index (κ3) is 2.91. The predicted octanol–water partition coefficient (Wildman–Crippen LogP) is 1.94. The number of hydrogen-bond donors (Lipinski definition) is 3. The molecule has 1 fully saturated rings. The normalized spacial score (nSPS) is 22.8. The smallest absolute Gasteiger partial charge is 0.251 e. The molecule has 4 N–H and O–H groups in total. The summed E-state index contributed by atoms with van der Waals surface area (Å²) in [7, 11) is 0. The summed E-state index contributed by atoms with van der Waals surface area (Å²) >= 11 is 5.83. The van der Waals surface area contributed by atoms with E-state index in [9.17, 15) is 4.79 Å². The van der Waals surface area contributed by atoms with Gasteiger partial charge in [-0.1, -0.05) is 24.9 Å². The van der Waals surface area contributed by atoms with Crippen LogP contribution in [0.1, 0.15) is 36.5 Å². The van der Waals surface area contributed by atoms with Gasteiger partial charge in [0.25, 0.3) is 5.91 Å². The molecule has 2 atom stereocenters. The monoisotopic (exact) mass is 268 g/mol. The van der Waals surface area contributed by atoms with E-state index in [4.69, 9.17) is 17.4 Å². The van der Waals surface area contributed by atoms with E-state index in [0.717, 1.165) is 12.8 Å². The van der Waals surface area contributed by atoms with E-state index in [0.29, 0.717) is 17.3 Å². The second kappa shape index (κ2) is 5.54. The molecule has 0 saturated heterocycles. The third-order valence-electron chi connectivity index (χ3n) is 3.38. The maximum absolute atomic E-state index is 12.1. The molecule has 2 unspecified atom stereocenters. The minimum atomic E-state index is -0.130. The molecule has 1 aromatic rings. The van der Waals surface area contributed by atoms with Gasteiger partial charge in [0.05, 0.1) is 0 Å². The van der Waals surface area contributed by atoms with Gasteiger partial charge < -0.3 is 10.7 Å². The van der Waals surface area contributed by atoms with Crippen LogP contribution in [0.5, 0.6) is 0 Å². The highest BCUT2D eigenvalue weighted by Crippen LogP contribution is 2.25. The summed E-state index contributed by atoms with van der Waals surface area (Å²) in [6.07, 6.45) is 3.37. The summed E-state index contributed by atoms with van der Waals surface area (Å²) in [5.74, 6) is 6.05. The molecule has 1 heterocycles. The van der Waals surface area contributed by atoms with E-state index in [1.807, 2.05) is 0 Å². The molecule has 98 valence electrons. The third-order valence-corrected chi connectivity index (χ3v) is 3.58. The van der Waals surface area contributed by atoms with Crippen LogP contribution in [-0.4, -0.2) is 16.9 Å². The van der Waals surface area contributed by atoms with Crippen molar-refractivity contribution in [1.29, 1.82) is 0 Å². The number of rotatable bonds is 3. The van der Waals surface area contributed by atoms with Crippen molar-refractivity contribution < 1.29 is 4.79 Å². The van der Waals surface area contributed by atoms with Crippen molar-refractivity contribution in [1.82, 2.24) is 10.3 Å². The highest BCUT2D eigenvalue weighted by atomic mass is 35.5. The Kier molecular flexibility index (Phi) is 4.04. The van der Waals surface area contributed by atoms with Crippen LogP contribution in [0.25, 0.3) is 0 Å². The van der Waals surface area contributed by atoms with Crippen LogP contribution in [0.3, 0.4) is 0 Å². The number of aromatic nitrogens is 1. The molecule has 0 aliphatic heterocycles. The average molecular weight is 269 g/mol. The summed E-state index contributed by atoms with van der Waals surface area (Å²) in [5.41, 5.74) is 2.86. The molecular formula is C12H17ClN4O. The van der Waals surface area contributed by atoms with E-state index >= 15 is 0 Å². The topological polar surface area (TPSA) is 80.0 Å². The fraction of sp³-hybridized carbons (Fsp3) is 0.500. The largest absolute Gasteiger partial charge is 0.349 e. The Morgan fingerprint density at radius 3 is 2.89 bits per heavy atom. The van der Waals surface area contributed by atoms with E-state index in [2.05, 4.69) is 22.7 Å². The van der Waals surface area contributed by atoms with Gasteiger partial charge in [0.1, 0.15) is 11.0 Å². The first-order chi connectivity index (χ1) is 8.60. The first kappa shape index (κ1) is 13.1. The molecule has 0 spiro atoms. The Hall–Kier alpha value is -1.33. The number of halogens is 1. The average Bonchev–Trinajstić information content (AvgIpc) is 2.74. The van der Waals surface area contributed by atoms with E-state index < -0.39 is 0 Å². The molecule has 2 rings (SSSR count). The molecule has 1 aliphatic carbocycles. The standard InChI is InChI=1S/C12H17ClN4O/c1-7-3-2-4-9(7)15-12(18)8-5-10(13)16-11(6-8)17-14/h5-7,9H,2-4,14H2,1H3,(H,15,18)(H,16,17). The van der Waals surface area contributed by atoms with Gasteiger partial charge in [-0.25, -0.2) is 10.8 Å². The quantitative estimate of drug-likeness (QED) is 0.445. The fourth-order valence-corrected chi connectivity index (χ4v) is 2.52. The Morgan fingerprint density at radius 2 is 2.28 bits per heavy atom. The van der Waals surface area contributed by atoms with Gasteiger partial charge in [-0.2, -0.15) is 0 Å². The molecule has 1 amide bonds. The van der Waals surface area contributed by atoms with Gasteiger partial charge >= 0.3 is 0 Å². The van der Waals surface area contributed by atoms with Gasteiger partial charge in [-0.3, -0.25) is 4.79 Å². The number of nitrogens with two attached hydrogens (primary N) is 1. The summed E-state index contributed by atoms with van der Waals surface area (Å²) in [4.78, 5) is 16.0. The number of amides is 1. The maximum Gasteiger partial charge on any atom is 0.251 e. The van der Waals surface area contributed by atoms with Crippen molar-refractivity contribution in [2.45, 2.75) is 32.2 Å². The number of nitrogen functional groups attached to an aromatic ring is 1. The van der Waals surface area contributed by atoms with Gasteiger partial charge in [-0.15, -0.1) is 0 Å². The van der Waals surface area contributed by atoms with Crippen LogP contribution in [0.15, 0.2) is 12.1 Å². The fourth-order valence-electron chi connectivity index (χ4n) is 2.31. The van der Waals surface area contributed by atoms with Gasteiger partial charge in [0, 0.05) is 11.6 Å². The van der Waals surface area contributed by atoms with Gasteiger partial charge in [-0.05, 0) is 30.9 Å². The number of pyridine rings is 1. The number of hydrogen-bond acceptors (Lipinski definition) is 4. The number of anilines is 1. The van der Waals surface area contributed by atoms with Gasteiger partial charge in [0.15, 0.2) is 0 Å². The number of carbonyl (C=O) groups is 1. The highest BCUT2D eigenvalue weighted by Gasteiger charge is 2.25. The molecule has 5 nitrogen and oxygen atoms in total. The lowest BCUT2D eigenvalue weighted by atomic mass is 10.1. The molecule has 18 heavy (non-hydrogen) atoms. The Bertz CT molecular complexity index is 452. The SMILES string of the molecule is CC1CCCC1NC(=O)c1cc(Cl)nc(NN)c1. The summed E-state index contributed by atoms with van der Waals surface area (Å²) in [6, 6.07) is 3.37. The predicted molar refractivity (Wildman–Crippen MR) is 71.3 cm³/mol. The van der Waals surface area contributed by atoms with Crippen molar-refractivity contribution >= 4 is 23.3 Å². The zero-order valence-corrected chi connectivity index (χ0v) is 11.0. The van der Waals surface area contributed by atoms with Crippen LogP contribution in [0, 0.1) is 5.92 Å². The van der Waals surface area contributed by atoms with Crippen molar-refractivity contribution in [2.75, 3.05) is 5.43 Å². The van der Waals surface area contributed by atoms with Crippen molar-refractivity contribution in [2.24, 2.45) is 11.8 Å². The molecule has 0 radical (unpaired) electrons. The van der Waals surface area contributed by atoms with E-state index in [1.165, 1.54) is 12.5 Å². The Labute approximate surface area is 111 Å². The molecule has 1 saturated carbocycles. The first-order valence-corrected chi connectivity index (χ1v) is 6.43. The number of nitrogens with one attached hydrogen (secondary N) is 2. The number of nitrogens with zero attached hydrogens (tertiary/aromatic N) is 1. The number of carbonyl (C=O) groups excluding carboxylic acids is 1. The second-order valence-corrected chi connectivity index (χ2v) is 5.08. The van der Waals surface area contributed by atoms with Crippen LogP contribution in [-0.2, 0) is 0 Å². The lowest BCUT2D eigenvalue weighted by Gasteiger charge is -2.17. The van der Waals surface area contributed by atoms with Crippen LogP contribution in [0.4, 0.5) is 5.82 Å². The molecule has 0 aromatic carbocycles. The molecule has 1 aliphatic rings. The second-order valence-electron chi connectivity index (χ2n) is 4.70. The van der Waals surface area contributed by atoms with Crippen molar-refractivity contribution in [3.05, 3.63) is 22.8 Å². The molecular weight excluding hydrogens is 252 g/mol.